The van der Waals surface area contributed by atoms with Crippen LogP contribution in [0.5, 0.6) is 0 Å². The molecule has 1 saturated heterocycles. The van der Waals surface area contributed by atoms with Gasteiger partial charge in [-0.15, -0.1) is 0 Å². The van der Waals surface area contributed by atoms with E-state index in [0.29, 0.717) is 11.9 Å². The van der Waals surface area contributed by atoms with E-state index in [1.165, 1.54) is 24.4 Å². The van der Waals surface area contributed by atoms with Gasteiger partial charge in [0.05, 0.1) is 11.7 Å². The number of likely N-dealkylation sites (N-methyl/N-ethyl adjacent to an activating group) is 1. The Kier molecular flexibility index (Phi) is 4.36. The summed E-state index contributed by atoms with van der Waals surface area (Å²) in [6.07, 6.45) is 7.44. The van der Waals surface area contributed by atoms with Gasteiger partial charge in [-0.1, -0.05) is 6.07 Å². The van der Waals surface area contributed by atoms with Gasteiger partial charge in [0.2, 0.25) is 0 Å². The normalized spacial score (nSPS) is 18.6. The highest BCUT2D eigenvalue weighted by molar-refractivity contribution is 7.11. The average Bonchev–Trinajstić information content (AvgIpc) is 2.91. The number of hydrogen-bond acceptors (Lipinski definition) is 6. The number of anilines is 2. The summed E-state index contributed by atoms with van der Waals surface area (Å²) in [6, 6.07) is 3.93. The molecule has 1 unspecified atom stereocenters. The van der Waals surface area contributed by atoms with E-state index >= 15 is 0 Å². The van der Waals surface area contributed by atoms with E-state index < -0.39 is 0 Å². The molecule has 1 aliphatic rings. The molecule has 0 spiro atoms. The highest BCUT2D eigenvalue weighted by Gasteiger charge is 2.21. The van der Waals surface area contributed by atoms with Crippen molar-refractivity contribution in [3.05, 3.63) is 24.5 Å². The molecule has 3 heterocycles. The Morgan fingerprint density at radius 2 is 2.38 bits per heavy atom. The average molecular weight is 304 g/mol. The van der Waals surface area contributed by atoms with Crippen molar-refractivity contribution in [1.82, 2.24) is 9.36 Å². The molecule has 3 rings (SSSR count). The lowest BCUT2D eigenvalue weighted by atomic mass is 10.1. The molecular formula is C15H20N4OS. The van der Waals surface area contributed by atoms with Crippen LogP contribution < -0.4 is 10.6 Å². The van der Waals surface area contributed by atoms with Gasteiger partial charge in [-0.3, -0.25) is 4.98 Å². The van der Waals surface area contributed by atoms with Crippen molar-refractivity contribution >= 4 is 22.4 Å². The van der Waals surface area contributed by atoms with Crippen LogP contribution in [0.2, 0.25) is 0 Å². The zero-order valence-corrected chi connectivity index (χ0v) is 13.0. The lowest BCUT2D eigenvalue weighted by molar-refractivity contribution is 0.0217. The molecule has 21 heavy (non-hydrogen) atoms. The molecule has 2 aromatic rings. The van der Waals surface area contributed by atoms with Gasteiger partial charge in [-0.05, 0) is 36.9 Å². The predicted molar refractivity (Wildman–Crippen MR) is 86.6 cm³/mol. The van der Waals surface area contributed by atoms with Crippen molar-refractivity contribution in [2.75, 3.05) is 30.8 Å². The number of nitrogens with two attached hydrogens (primary N) is 1. The van der Waals surface area contributed by atoms with Crippen LogP contribution in [-0.4, -0.2) is 35.7 Å². The van der Waals surface area contributed by atoms with Crippen molar-refractivity contribution in [2.45, 2.75) is 25.4 Å². The quantitative estimate of drug-likeness (QED) is 0.941. The fraction of sp³-hybridized carbons (Fsp3) is 0.467. The number of nitrogens with zero attached hydrogens (tertiary/aromatic N) is 3. The number of hydrogen-bond donors (Lipinski definition) is 1. The van der Waals surface area contributed by atoms with Gasteiger partial charge >= 0.3 is 0 Å². The largest absolute Gasteiger partial charge is 0.382 e. The first-order valence-electron chi connectivity index (χ1n) is 7.24. The van der Waals surface area contributed by atoms with Crippen LogP contribution in [0.25, 0.3) is 11.1 Å². The fourth-order valence-electron chi connectivity index (χ4n) is 2.68. The van der Waals surface area contributed by atoms with E-state index in [2.05, 4.69) is 21.3 Å². The number of pyridine rings is 1. The van der Waals surface area contributed by atoms with Crippen LogP contribution in [-0.2, 0) is 4.74 Å². The van der Waals surface area contributed by atoms with Crippen molar-refractivity contribution in [2.24, 2.45) is 0 Å². The fourth-order valence-corrected chi connectivity index (χ4v) is 3.48. The third-order valence-corrected chi connectivity index (χ3v) is 4.73. The minimum absolute atomic E-state index is 0.300. The summed E-state index contributed by atoms with van der Waals surface area (Å²) < 4.78 is 10.1. The van der Waals surface area contributed by atoms with Crippen LogP contribution in [0, 0.1) is 0 Å². The summed E-state index contributed by atoms with van der Waals surface area (Å²) in [5.74, 6) is 0.569. The van der Waals surface area contributed by atoms with E-state index in [0.717, 1.165) is 35.7 Å². The molecule has 0 saturated carbocycles. The Balaban J connectivity index is 1.82. The highest BCUT2D eigenvalue weighted by Crippen LogP contribution is 2.38. The van der Waals surface area contributed by atoms with E-state index in [-0.39, 0.29) is 0 Å². The summed E-state index contributed by atoms with van der Waals surface area (Å²) >= 11 is 1.44. The molecule has 0 aliphatic carbocycles. The zero-order chi connectivity index (χ0) is 14.7. The third kappa shape index (κ3) is 3.16. The first-order valence-corrected chi connectivity index (χ1v) is 8.01. The Labute approximate surface area is 128 Å². The van der Waals surface area contributed by atoms with Crippen LogP contribution >= 0.6 is 11.5 Å². The first kappa shape index (κ1) is 14.3. The maximum absolute atomic E-state index is 6.06. The number of ether oxygens (including phenoxy) is 1. The lowest BCUT2D eigenvalue weighted by Crippen LogP contribution is -2.33. The first-order chi connectivity index (χ1) is 10.3. The summed E-state index contributed by atoms with van der Waals surface area (Å²) in [6.45, 7) is 1.74. The van der Waals surface area contributed by atoms with Gasteiger partial charge in [0.25, 0.3) is 0 Å². The minimum atomic E-state index is 0.300. The van der Waals surface area contributed by atoms with Crippen molar-refractivity contribution < 1.29 is 4.74 Å². The van der Waals surface area contributed by atoms with Gasteiger partial charge in [0, 0.05) is 38.2 Å². The second-order valence-corrected chi connectivity index (χ2v) is 6.11. The highest BCUT2D eigenvalue weighted by atomic mass is 32.1. The SMILES string of the molecule is CN(CC1CCCCO1)c1snc(N)c1-c1cccnc1. The Morgan fingerprint density at radius 1 is 1.48 bits per heavy atom. The second kappa shape index (κ2) is 6.41. The summed E-state index contributed by atoms with van der Waals surface area (Å²) in [5.41, 5.74) is 8.05. The molecule has 0 bridgehead atoms. The van der Waals surface area contributed by atoms with Crippen LogP contribution in [0.1, 0.15) is 19.3 Å². The van der Waals surface area contributed by atoms with Gasteiger partial charge < -0.3 is 15.4 Å². The molecule has 0 aromatic carbocycles. The van der Waals surface area contributed by atoms with Crippen molar-refractivity contribution in [3.63, 3.8) is 0 Å². The van der Waals surface area contributed by atoms with E-state index in [1.54, 1.807) is 6.20 Å². The third-order valence-electron chi connectivity index (χ3n) is 3.75. The summed E-state index contributed by atoms with van der Waals surface area (Å²) in [5, 5.41) is 1.08. The molecule has 1 fully saturated rings. The standard InChI is InChI=1S/C15H20N4OS/c1-19(10-12-6-2-3-8-20-12)15-13(14(16)18-21-15)11-5-4-7-17-9-11/h4-5,7,9,12H,2-3,6,8,10H2,1H3,(H2,16,18). The molecule has 1 atom stereocenters. The Hall–Kier alpha value is -1.66. The Morgan fingerprint density at radius 3 is 3.10 bits per heavy atom. The van der Waals surface area contributed by atoms with Gasteiger partial charge in [0.1, 0.15) is 10.8 Å². The van der Waals surface area contributed by atoms with Gasteiger partial charge in [-0.2, -0.15) is 4.37 Å². The Bertz CT molecular complexity index is 581. The molecule has 0 radical (unpaired) electrons. The lowest BCUT2D eigenvalue weighted by Gasteiger charge is -2.28. The van der Waals surface area contributed by atoms with Crippen LogP contribution in [0.3, 0.4) is 0 Å². The number of nitrogen functional groups attached to an aromatic ring is 1. The zero-order valence-electron chi connectivity index (χ0n) is 12.2. The van der Waals surface area contributed by atoms with E-state index in [1.807, 2.05) is 18.3 Å². The van der Waals surface area contributed by atoms with Crippen molar-refractivity contribution in [3.8, 4) is 11.1 Å². The van der Waals surface area contributed by atoms with Crippen LogP contribution in [0.15, 0.2) is 24.5 Å². The second-order valence-electron chi connectivity index (χ2n) is 5.36. The molecule has 1 aliphatic heterocycles. The summed E-state index contributed by atoms with van der Waals surface area (Å²) in [4.78, 5) is 6.38. The molecule has 5 nitrogen and oxygen atoms in total. The number of aromatic nitrogens is 2. The topological polar surface area (TPSA) is 64.3 Å². The smallest absolute Gasteiger partial charge is 0.147 e. The minimum Gasteiger partial charge on any atom is -0.382 e. The van der Waals surface area contributed by atoms with Gasteiger partial charge in [-0.25, -0.2) is 0 Å². The predicted octanol–water partition coefficient (Wildman–Crippen LogP) is 2.79. The van der Waals surface area contributed by atoms with Crippen LogP contribution in [0.4, 0.5) is 10.8 Å². The van der Waals surface area contributed by atoms with Gasteiger partial charge in [0.15, 0.2) is 0 Å². The maximum atomic E-state index is 6.06. The van der Waals surface area contributed by atoms with E-state index in [9.17, 15) is 0 Å². The molecule has 6 heteroatoms. The summed E-state index contributed by atoms with van der Waals surface area (Å²) in [7, 11) is 2.07. The molecule has 0 amide bonds. The molecule has 2 N–H and O–H groups in total. The molecular weight excluding hydrogens is 284 g/mol. The maximum Gasteiger partial charge on any atom is 0.147 e. The number of rotatable bonds is 4. The molecule has 2 aromatic heterocycles. The van der Waals surface area contributed by atoms with E-state index in [4.69, 9.17) is 10.5 Å². The monoisotopic (exact) mass is 304 g/mol. The van der Waals surface area contributed by atoms with Crippen molar-refractivity contribution in [1.29, 1.82) is 0 Å². The molecule has 112 valence electrons.